The first-order valence-electron chi connectivity index (χ1n) is 16.7. The molecular formula is C38H57NO4Si. The molecule has 0 aliphatic rings. The molecule has 0 aliphatic heterocycles. The molecule has 0 aromatic heterocycles. The Labute approximate surface area is 268 Å². The van der Waals surface area contributed by atoms with E-state index in [1.807, 2.05) is 0 Å². The van der Waals surface area contributed by atoms with Gasteiger partial charge in [-0.05, 0) is 80.1 Å². The number of aliphatic carboxylic acids is 1. The van der Waals surface area contributed by atoms with Crippen LogP contribution in [0.4, 0.5) is 0 Å². The molecule has 2 N–H and O–H groups in total. The van der Waals surface area contributed by atoms with Crippen LogP contribution in [0.5, 0.6) is 0 Å². The van der Waals surface area contributed by atoms with Gasteiger partial charge in [-0.25, -0.2) is 0 Å². The molecule has 44 heavy (non-hydrogen) atoms. The molecule has 0 radical (unpaired) electrons. The third-order valence-corrected chi connectivity index (χ3v) is 13.2. The maximum absolute atomic E-state index is 11.5. The summed E-state index contributed by atoms with van der Waals surface area (Å²) >= 11 is 0. The summed E-state index contributed by atoms with van der Waals surface area (Å²) in [5, 5.41) is 13.6. The van der Waals surface area contributed by atoms with Crippen LogP contribution in [-0.4, -0.2) is 37.9 Å². The van der Waals surface area contributed by atoms with Crippen molar-refractivity contribution in [2.45, 2.75) is 122 Å². The van der Waals surface area contributed by atoms with Crippen molar-refractivity contribution in [3.8, 4) is 0 Å². The summed E-state index contributed by atoms with van der Waals surface area (Å²) in [6.45, 7) is 8.98. The van der Waals surface area contributed by atoms with Crippen LogP contribution in [0.1, 0.15) is 111 Å². The van der Waals surface area contributed by atoms with E-state index in [0.29, 0.717) is 6.42 Å². The molecule has 5 nitrogen and oxygen atoms in total. The minimum absolute atomic E-state index is 0.00773. The van der Waals surface area contributed by atoms with Gasteiger partial charge < -0.3 is 14.8 Å². The number of hydrogen-bond acceptors (Lipinski definition) is 3. The maximum atomic E-state index is 11.5. The Kier molecular flexibility index (Phi) is 17.7. The first kappa shape index (κ1) is 37.2. The van der Waals surface area contributed by atoms with Crippen LogP contribution in [0.3, 0.4) is 0 Å². The Morgan fingerprint density at radius 3 is 1.68 bits per heavy atom. The molecule has 2 aromatic rings. The molecule has 0 saturated carbocycles. The molecular weight excluding hydrogens is 563 g/mol. The van der Waals surface area contributed by atoms with Crippen molar-refractivity contribution in [2.24, 2.45) is 0 Å². The van der Waals surface area contributed by atoms with Crippen LogP contribution in [0.2, 0.25) is 5.04 Å². The van der Waals surface area contributed by atoms with Gasteiger partial charge in [-0.3, -0.25) is 9.59 Å². The first-order valence-corrected chi connectivity index (χ1v) is 18.6. The number of carbonyl (C=O) groups excluding carboxylic acids is 1. The van der Waals surface area contributed by atoms with E-state index >= 15 is 0 Å². The molecule has 0 bridgehead atoms. The van der Waals surface area contributed by atoms with Crippen molar-refractivity contribution >= 4 is 30.6 Å². The number of unbranched alkanes of at least 4 members (excludes halogenated alkanes) is 8. The standard InChI is InChI=1S/C38H57NO4Si/c1-33(43-44(38(2,3)4,34-27-21-18-22-28-34)35-29-23-19-24-30-35)26-20-16-14-12-10-8-6-5-7-9-11-13-15-17-25-31-36(40)39-32-37(41)42/h12-15,18-19,21-24,27-30,33H,5-11,16-17,20,25-26,31-32H2,1-4H3,(H,39,40)(H,41,42)/b14-12-,15-13-/t33-/m0/s1. The SMILES string of the molecule is C[C@@H](CCC/C=C\CCCCCCC/C=C\CCCC(=O)NCC(=O)O)O[Si](c1ccccc1)(c1ccccc1)C(C)(C)C. The van der Waals surface area contributed by atoms with Gasteiger partial charge >= 0.3 is 5.97 Å². The molecule has 0 saturated heterocycles. The zero-order valence-electron chi connectivity index (χ0n) is 27.7. The Bertz CT molecular complexity index is 1090. The van der Waals surface area contributed by atoms with Crippen LogP contribution in [0, 0.1) is 0 Å². The van der Waals surface area contributed by atoms with Gasteiger partial charge in [-0.1, -0.05) is 125 Å². The van der Waals surface area contributed by atoms with E-state index in [2.05, 4.69) is 118 Å². The number of allylic oxidation sites excluding steroid dienone is 4. The first-order chi connectivity index (χ1) is 21.2. The Balaban J connectivity index is 1.60. The fourth-order valence-electron chi connectivity index (χ4n) is 5.74. The van der Waals surface area contributed by atoms with Crippen molar-refractivity contribution in [2.75, 3.05) is 6.54 Å². The minimum Gasteiger partial charge on any atom is -0.480 e. The van der Waals surface area contributed by atoms with Gasteiger partial charge in [-0.15, -0.1) is 0 Å². The number of hydrogen-bond donors (Lipinski definition) is 2. The Morgan fingerprint density at radius 1 is 0.750 bits per heavy atom. The lowest BCUT2D eigenvalue weighted by molar-refractivity contribution is -0.137. The topological polar surface area (TPSA) is 75.6 Å². The zero-order chi connectivity index (χ0) is 32.1. The Morgan fingerprint density at radius 2 is 1.20 bits per heavy atom. The molecule has 0 unspecified atom stereocenters. The highest BCUT2D eigenvalue weighted by Gasteiger charge is 2.50. The number of nitrogens with one attached hydrogen (secondary N) is 1. The van der Waals surface area contributed by atoms with Gasteiger partial charge in [0.2, 0.25) is 5.91 Å². The molecule has 0 fully saturated rings. The summed E-state index contributed by atoms with van der Waals surface area (Å²) < 4.78 is 7.20. The number of benzene rings is 2. The summed E-state index contributed by atoms with van der Waals surface area (Å²) in [6.07, 6.45) is 23.1. The van der Waals surface area contributed by atoms with Crippen molar-refractivity contribution < 1.29 is 19.1 Å². The quantitative estimate of drug-likeness (QED) is 0.0789. The van der Waals surface area contributed by atoms with E-state index in [0.717, 1.165) is 44.9 Å². The molecule has 0 spiro atoms. The molecule has 242 valence electrons. The van der Waals surface area contributed by atoms with Crippen molar-refractivity contribution in [1.82, 2.24) is 5.32 Å². The highest BCUT2D eigenvalue weighted by molar-refractivity contribution is 6.99. The van der Waals surface area contributed by atoms with E-state index in [-0.39, 0.29) is 23.6 Å². The fourth-order valence-corrected chi connectivity index (χ4v) is 10.5. The smallest absolute Gasteiger partial charge is 0.322 e. The second kappa shape index (κ2) is 20.9. The van der Waals surface area contributed by atoms with Crippen LogP contribution in [0.15, 0.2) is 85.0 Å². The van der Waals surface area contributed by atoms with Gasteiger partial charge in [0.15, 0.2) is 0 Å². The van der Waals surface area contributed by atoms with E-state index in [4.69, 9.17) is 9.53 Å². The van der Waals surface area contributed by atoms with Gasteiger partial charge in [0.05, 0.1) is 0 Å². The van der Waals surface area contributed by atoms with E-state index < -0.39 is 14.3 Å². The summed E-state index contributed by atoms with van der Waals surface area (Å²) in [4.78, 5) is 21.9. The van der Waals surface area contributed by atoms with Gasteiger partial charge in [0, 0.05) is 12.5 Å². The van der Waals surface area contributed by atoms with Crippen LogP contribution >= 0.6 is 0 Å². The summed E-state index contributed by atoms with van der Waals surface area (Å²) in [5.41, 5.74) is 0. The number of rotatable bonds is 22. The highest BCUT2D eigenvalue weighted by Crippen LogP contribution is 2.37. The highest BCUT2D eigenvalue weighted by atomic mass is 28.4. The second-order valence-corrected chi connectivity index (χ2v) is 17.1. The molecule has 2 rings (SSSR count). The Hall–Kier alpha value is -2.96. The molecule has 1 amide bonds. The average molecular weight is 620 g/mol. The normalized spacial score (nSPS) is 13.0. The monoisotopic (exact) mass is 619 g/mol. The number of amides is 1. The number of carboxylic acid groups (broad SMARTS) is 1. The van der Waals surface area contributed by atoms with Gasteiger partial charge in [0.1, 0.15) is 6.54 Å². The van der Waals surface area contributed by atoms with Gasteiger partial charge in [0.25, 0.3) is 8.32 Å². The molecule has 0 aliphatic carbocycles. The van der Waals surface area contributed by atoms with E-state index in [1.54, 1.807) is 0 Å². The predicted molar refractivity (Wildman–Crippen MR) is 187 cm³/mol. The molecule has 2 aromatic carbocycles. The van der Waals surface area contributed by atoms with Gasteiger partial charge in [-0.2, -0.15) is 0 Å². The zero-order valence-corrected chi connectivity index (χ0v) is 28.7. The van der Waals surface area contributed by atoms with Crippen LogP contribution in [0.25, 0.3) is 0 Å². The molecule has 0 heterocycles. The molecule has 1 atom stereocenters. The van der Waals surface area contributed by atoms with Crippen molar-refractivity contribution in [3.05, 3.63) is 85.0 Å². The molecule has 6 heteroatoms. The lowest BCUT2D eigenvalue weighted by Crippen LogP contribution is -2.67. The van der Waals surface area contributed by atoms with E-state index in [1.165, 1.54) is 42.5 Å². The average Bonchev–Trinajstić information content (AvgIpc) is 3.00. The lowest BCUT2D eigenvalue weighted by Gasteiger charge is -2.44. The summed E-state index contributed by atoms with van der Waals surface area (Å²) in [5.74, 6) is -1.20. The van der Waals surface area contributed by atoms with Crippen LogP contribution < -0.4 is 15.7 Å². The third kappa shape index (κ3) is 13.8. The van der Waals surface area contributed by atoms with Crippen molar-refractivity contribution in [1.29, 1.82) is 0 Å². The second-order valence-electron chi connectivity index (χ2n) is 12.9. The minimum atomic E-state index is -2.48. The largest absolute Gasteiger partial charge is 0.480 e. The van der Waals surface area contributed by atoms with E-state index in [9.17, 15) is 9.59 Å². The third-order valence-electron chi connectivity index (χ3n) is 8.06. The lowest BCUT2D eigenvalue weighted by atomic mass is 10.1. The fraction of sp³-hybridized carbons (Fsp3) is 0.526. The summed E-state index contributed by atoms with van der Waals surface area (Å²) in [6, 6.07) is 21.8. The number of carbonyl (C=O) groups is 2. The van der Waals surface area contributed by atoms with Crippen molar-refractivity contribution in [3.63, 3.8) is 0 Å². The maximum Gasteiger partial charge on any atom is 0.322 e. The van der Waals surface area contributed by atoms with Crippen LogP contribution in [-0.2, 0) is 14.0 Å². The predicted octanol–water partition coefficient (Wildman–Crippen LogP) is 8.34. The number of carboxylic acids is 1. The summed E-state index contributed by atoms with van der Waals surface area (Å²) in [7, 11) is -2.48.